The van der Waals surface area contributed by atoms with Crippen LogP contribution in [0.3, 0.4) is 0 Å². The summed E-state index contributed by atoms with van der Waals surface area (Å²) in [6.07, 6.45) is 0. The Balaban J connectivity index is -0.0000000267. The summed E-state index contributed by atoms with van der Waals surface area (Å²) >= 11 is 0. The van der Waals surface area contributed by atoms with Crippen molar-refractivity contribution < 1.29 is 17.1 Å². The first-order chi connectivity index (χ1) is 2.27. The van der Waals surface area contributed by atoms with E-state index in [1.807, 2.05) is 0 Å². The normalized spacial score (nSPS) is 5.67. The van der Waals surface area contributed by atoms with Gasteiger partial charge in [0.2, 0.25) is 0 Å². The Morgan fingerprint density at radius 3 is 2.17 bits per heavy atom. The van der Waals surface area contributed by atoms with Crippen LogP contribution in [0.1, 0.15) is 9.78 Å². The first kappa shape index (κ1) is 9.48. The number of hydrogen-bond acceptors (Lipinski definition) is 2. The molecule has 0 amide bonds. The number of halogens is 1. The van der Waals surface area contributed by atoms with E-state index in [0.717, 1.165) is 6.92 Å². The molecule has 4 heteroatoms. The molecule has 2 nitrogen and oxygen atoms in total. The van der Waals surface area contributed by atoms with Crippen LogP contribution in [0.4, 0.5) is 4.53 Å². The molecule has 0 saturated heterocycles. The maximum Gasteiger partial charge on any atom is 2.00 e. The van der Waals surface area contributed by atoms with Crippen molar-refractivity contribution in [3.63, 3.8) is 0 Å². The van der Waals surface area contributed by atoms with Crippen molar-refractivity contribution in [2.45, 2.75) is 6.92 Å². The number of carbonyl (C=O) groups excluding carboxylic acids is 1. The molecule has 6 heavy (non-hydrogen) atoms. The SMILES string of the molecule is CC(=O)OF.[H-].[H-].[Mg+2]. The Morgan fingerprint density at radius 1 is 2.00 bits per heavy atom. The van der Waals surface area contributed by atoms with Gasteiger partial charge in [0.1, 0.15) is 0 Å². The second-order valence-electron chi connectivity index (χ2n) is 0.569. The molecule has 0 aromatic carbocycles. The van der Waals surface area contributed by atoms with Crippen LogP contribution in [0, 0.1) is 0 Å². The molecule has 0 spiro atoms. The van der Waals surface area contributed by atoms with Crippen LogP contribution in [-0.2, 0) is 9.74 Å². The topological polar surface area (TPSA) is 26.3 Å². The van der Waals surface area contributed by atoms with E-state index in [4.69, 9.17) is 0 Å². The summed E-state index contributed by atoms with van der Waals surface area (Å²) in [4.78, 5) is 11.8. The third kappa shape index (κ3) is 8.90. The minimum Gasteiger partial charge on any atom is -1.00 e. The van der Waals surface area contributed by atoms with Crippen LogP contribution in [0.15, 0.2) is 0 Å². The van der Waals surface area contributed by atoms with E-state index in [-0.39, 0.29) is 25.9 Å². The van der Waals surface area contributed by atoms with E-state index in [9.17, 15) is 9.32 Å². The molecule has 0 aromatic rings. The number of carbonyl (C=O) groups is 1. The standard InChI is InChI=1S/C2H3FO2.Mg.2H/c1-2(4)5-3;;;/h1H3;;;/q;+2;2*-1. The smallest absolute Gasteiger partial charge is 1.00 e. The largest absolute Gasteiger partial charge is 2.00 e. The second-order valence-corrected chi connectivity index (χ2v) is 0.569. The summed E-state index contributed by atoms with van der Waals surface area (Å²) in [6.45, 7) is 0.986. The predicted molar refractivity (Wildman–Crippen MR) is 20.9 cm³/mol. The Morgan fingerprint density at radius 2 is 2.17 bits per heavy atom. The fourth-order valence-corrected chi connectivity index (χ4v) is 0. The molecule has 34 valence electrons. The summed E-state index contributed by atoms with van der Waals surface area (Å²) in [7, 11) is 0. The minimum absolute atomic E-state index is 0. The predicted octanol–water partition coefficient (Wildman–Crippen LogP) is 0.278. The van der Waals surface area contributed by atoms with E-state index in [2.05, 4.69) is 4.94 Å². The number of rotatable bonds is 0. The fraction of sp³-hybridized carbons (Fsp3) is 0.500. The van der Waals surface area contributed by atoms with Crippen LogP contribution >= 0.6 is 0 Å². The maximum atomic E-state index is 10.3. The summed E-state index contributed by atoms with van der Waals surface area (Å²) < 4.78 is 10.3. The van der Waals surface area contributed by atoms with Gasteiger partial charge in [-0.3, -0.25) is 4.94 Å². The van der Waals surface area contributed by atoms with Gasteiger partial charge in [0, 0.05) is 11.4 Å². The molecule has 0 aliphatic heterocycles. The molecule has 0 rings (SSSR count). The van der Waals surface area contributed by atoms with Gasteiger partial charge in [-0.1, -0.05) is 0 Å². The van der Waals surface area contributed by atoms with Crippen LogP contribution in [0.5, 0.6) is 0 Å². The first-order valence-corrected chi connectivity index (χ1v) is 1.06. The van der Waals surface area contributed by atoms with E-state index in [1.165, 1.54) is 0 Å². The molecule has 0 heterocycles. The van der Waals surface area contributed by atoms with Crippen molar-refractivity contribution in [3.8, 4) is 0 Å². The maximum absolute atomic E-state index is 10.3. The first-order valence-electron chi connectivity index (χ1n) is 1.06. The summed E-state index contributed by atoms with van der Waals surface area (Å²) in [5.41, 5.74) is 0. The minimum atomic E-state index is -0.912. The molecule has 0 radical (unpaired) electrons. The average molecular weight is 104 g/mol. The van der Waals surface area contributed by atoms with Gasteiger partial charge < -0.3 is 2.85 Å². The van der Waals surface area contributed by atoms with Crippen molar-refractivity contribution in [2.24, 2.45) is 0 Å². The summed E-state index contributed by atoms with van der Waals surface area (Å²) in [6, 6.07) is 0. The molecule has 0 bridgehead atoms. The zero-order valence-corrected chi connectivity index (χ0v) is 4.82. The molecule has 0 unspecified atom stereocenters. The van der Waals surface area contributed by atoms with Crippen LogP contribution in [0.2, 0.25) is 0 Å². The molecule has 0 atom stereocenters. The quantitative estimate of drug-likeness (QED) is 0.413. The Labute approximate surface area is 53.7 Å². The van der Waals surface area contributed by atoms with Crippen molar-refractivity contribution in [1.29, 1.82) is 0 Å². The molecular formula is C2H5FMgO2. The van der Waals surface area contributed by atoms with E-state index in [0.29, 0.717) is 0 Å². The van der Waals surface area contributed by atoms with Crippen molar-refractivity contribution in [3.05, 3.63) is 0 Å². The van der Waals surface area contributed by atoms with Crippen molar-refractivity contribution >= 4 is 29.0 Å². The summed E-state index contributed by atoms with van der Waals surface area (Å²) in [5.74, 6) is -0.912. The Bertz CT molecular complexity index is 53.3. The monoisotopic (exact) mass is 104 g/mol. The Kier molecular flexibility index (Phi) is 8.16. The fourth-order valence-electron chi connectivity index (χ4n) is 0. The van der Waals surface area contributed by atoms with Crippen LogP contribution < -0.4 is 0 Å². The molecule has 0 aliphatic carbocycles. The zero-order chi connectivity index (χ0) is 4.28. The molecule has 0 saturated carbocycles. The van der Waals surface area contributed by atoms with Crippen molar-refractivity contribution in [1.82, 2.24) is 0 Å². The summed E-state index contributed by atoms with van der Waals surface area (Å²) in [5, 5.41) is 0. The van der Waals surface area contributed by atoms with Gasteiger partial charge in [-0.25, -0.2) is 4.79 Å². The van der Waals surface area contributed by atoms with Gasteiger partial charge in [-0.2, -0.15) is 0 Å². The molecule has 0 aliphatic rings. The van der Waals surface area contributed by atoms with Crippen LogP contribution in [-0.4, -0.2) is 29.0 Å². The molecular weight excluding hydrogens is 99.3 g/mol. The van der Waals surface area contributed by atoms with Gasteiger partial charge in [-0.05, 0) is 0 Å². The molecule has 0 fully saturated rings. The Hall–Kier alpha value is 0.166. The van der Waals surface area contributed by atoms with E-state index < -0.39 is 5.97 Å². The van der Waals surface area contributed by atoms with E-state index in [1.54, 1.807) is 0 Å². The van der Waals surface area contributed by atoms with Gasteiger partial charge >= 0.3 is 29.0 Å². The average Bonchev–Trinajstić information content (AvgIpc) is 1.38. The number of hydrogen-bond donors (Lipinski definition) is 0. The zero-order valence-electron chi connectivity index (χ0n) is 5.40. The van der Waals surface area contributed by atoms with E-state index >= 15 is 0 Å². The van der Waals surface area contributed by atoms with Crippen LogP contribution in [0.25, 0.3) is 0 Å². The molecule has 0 aromatic heterocycles. The third-order valence-electron chi connectivity index (χ3n) is 0.109. The molecule has 0 N–H and O–H groups in total. The van der Waals surface area contributed by atoms with Gasteiger partial charge in [0.15, 0.2) is 0 Å². The van der Waals surface area contributed by atoms with Gasteiger partial charge in [-0.15, -0.1) is 0 Å². The van der Waals surface area contributed by atoms with Crippen molar-refractivity contribution in [2.75, 3.05) is 0 Å². The van der Waals surface area contributed by atoms with Gasteiger partial charge in [0.25, 0.3) is 0 Å². The third-order valence-corrected chi connectivity index (χ3v) is 0.109. The van der Waals surface area contributed by atoms with Gasteiger partial charge in [0.05, 0.1) is 0 Å². The second kappa shape index (κ2) is 5.17.